The summed E-state index contributed by atoms with van der Waals surface area (Å²) in [4.78, 5) is 3.71. The molecule has 6 heteroatoms. The van der Waals surface area contributed by atoms with Crippen LogP contribution in [0.25, 0.3) is 11.1 Å². The number of nitrogens with two attached hydrogens (primary N) is 1. The van der Waals surface area contributed by atoms with Gasteiger partial charge in [0.15, 0.2) is 5.13 Å². The second-order valence-electron chi connectivity index (χ2n) is 4.30. The minimum Gasteiger partial charge on any atom is -0.441 e. The first-order chi connectivity index (χ1) is 10.3. The maximum atomic E-state index is 11.8. The molecule has 2 heterocycles. The molecule has 2 N–H and O–H groups in total. The van der Waals surface area contributed by atoms with E-state index in [1.807, 2.05) is 53.9 Å². The van der Waals surface area contributed by atoms with Crippen LogP contribution >= 0.6 is 19.4 Å². The zero-order valence-electron chi connectivity index (χ0n) is 11.0. The predicted octanol–water partition coefficient (Wildman–Crippen LogP) is 3.57. The van der Waals surface area contributed by atoms with Crippen molar-refractivity contribution in [1.29, 1.82) is 0 Å². The molecule has 0 fully saturated rings. The molecule has 0 amide bonds. The lowest BCUT2D eigenvalue weighted by Gasteiger charge is -2.19. The molecule has 106 valence electrons. The SMILES string of the molecule is Nc1nccs1.O=[PH]1Oc2ccccc2-c2ccccc21. The summed E-state index contributed by atoms with van der Waals surface area (Å²) >= 11 is 1.44. The second-order valence-corrected chi connectivity index (χ2v) is 6.55. The van der Waals surface area contributed by atoms with Gasteiger partial charge in [-0.25, -0.2) is 4.98 Å². The van der Waals surface area contributed by atoms with Gasteiger partial charge in [0.2, 0.25) is 0 Å². The van der Waals surface area contributed by atoms with Crippen molar-refractivity contribution in [3.8, 4) is 16.9 Å². The molecule has 0 aliphatic carbocycles. The molecule has 0 saturated heterocycles. The van der Waals surface area contributed by atoms with Gasteiger partial charge in [-0.2, -0.15) is 0 Å². The average Bonchev–Trinajstić information content (AvgIpc) is 2.99. The Balaban J connectivity index is 0.000000186. The van der Waals surface area contributed by atoms with Gasteiger partial charge in [-0.3, -0.25) is 4.57 Å². The van der Waals surface area contributed by atoms with E-state index >= 15 is 0 Å². The molecule has 1 aromatic heterocycles. The number of aromatic nitrogens is 1. The molecule has 1 atom stereocenters. The van der Waals surface area contributed by atoms with E-state index in [0.717, 1.165) is 22.2 Å². The Morgan fingerprint density at radius 1 is 1.05 bits per heavy atom. The second kappa shape index (κ2) is 6.12. The van der Waals surface area contributed by atoms with Crippen LogP contribution < -0.4 is 15.6 Å². The average molecular weight is 316 g/mol. The number of hydrogen-bond acceptors (Lipinski definition) is 5. The van der Waals surface area contributed by atoms with Crippen molar-refractivity contribution in [2.75, 3.05) is 5.73 Å². The van der Waals surface area contributed by atoms with E-state index in [0.29, 0.717) is 5.13 Å². The van der Waals surface area contributed by atoms with Gasteiger partial charge in [0.25, 0.3) is 8.03 Å². The highest BCUT2D eigenvalue weighted by Crippen LogP contribution is 2.41. The van der Waals surface area contributed by atoms with Gasteiger partial charge in [0, 0.05) is 17.1 Å². The minimum absolute atomic E-state index is 0.634. The van der Waals surface area contributed by atoms with Crippen LogP contribution in [0.3, 0.4) is 0 Å². The summed E-state index contributed by atoms with van der Waals surface area (Å²) in [7, 11) is -2.11. The first-order valence-electron chi connectivity index (χ1n) is 6.31. The maximum Gasteiger partial charge on any atom is 0.266 e. The third-order valence-electron chi connectivity index (χ3n) is 2.98. The van der Waals surface area contributed by atoms with Crippen molar-refractivity contribution < 1.29 is 9.09 Å². The van der Waals surface area contributed by atoms with E-state index in [-0.39, 0.29) is 0 Å². The Hall–Kier alpha value is -2.10. The van der Waals surface area contributed by atoms with Crippen molar-refractivity contribution in [3.05, 3.63) is 60.1 Å². The number of benzene rings is 2. The van der Waals surface area contributed by atoms with Crippen molar-refractivity contribution in [1.82, 2.24) is 4.98 Å². The van der Waals surface area contributed by atoms with Crippen LogP contribution in [0.5, 0.6) is 5.75 Å². The highest BCUT2D eigenvalue weighted by Gasteiger charge is 2.20. The number of hydrogen-bond donors (Lipinski definition) is 1. The highest BCUT2D eigenvalue weighted by atomic mass is 32.1. The quantitative estimate of drug-likeness (QED) is 0.644. The lowest BCUT2D eigenvalue weighted by atomic mass is 10.0. The van der Waals surface area contributed by atoms with E-state index in [4.69, 9.17) is 10.3 Å². The molecule has 3 aromatic rings. The van der Waals surface area contributed by atoms with Crippen LogP contribution in [0, 0.1) is 0 Å². The van der Waals surface area contributed by atoms with E-state index in [1.165, 1.54) is 11.3 Å². The summed E-state index contributed by atoms with van der Waals surface area (Å²) in [6, 6.07) is 15.4. The van der Waals surface area contributed by atoms with E-state index < -0.39 is 8.03 Å². The topological polar surface area (TPSA) is 65.2 Å². The highest BCUT2D eigenvalue weighted by molar-refractivity contribution is 7.49. The van der Waals surface area contributed by atoms with Crippen LogP contribution in [-0.2, 0) is 4.57 Å². The summed E-state index contributed by atoms with van der Waals surface area (Å²) in [6.45, 7) is 0. The summed E-state index contributed by atoms with van der Waals surface area (Å²) in [5.74, 6) is 0.722. The van der Waals surface area contributed by atoms with Crippen molar-refractivity contribution in [3.63, 3.8) is 0 Å². The van der Waals surface area contributed by atoms with Crippen LogP contribution in [0.15, 0.2) is 60.1 Å². The standard InChI is InChI=1S/C12H9O2P.C3H4N2S/c13-15-12-8-4-2-6-10(12)9-5-1-3-7-11(9)14-15;4-3-5-1-2-6-3/h1-8,15H;1-2H,(H2,4,5). The Morgan fingerprint density at radius 3 is 2.43 bits per heavy atom. The third kappa shape index (κ3) is 2.99. The maximum absolute atomic E-state index is 11.8. The Labute approximate surface area is 127 Å². The lowest BCUT2D eigenvalue weighted by Crippen LogP contribution is -2.09. The lowest BCUT2D eigenvalue weighted by molar-refractivity contribution is 0.513. The van der Waals surface area contributed by atoms with E-state index in [9.17, 15) is 4.57 Å². The zero-order valence-corrected chi connectivity index (χ0v) is 12.8. The van der Waals surface area contributed by atoms with Gasteiger partial charge < -0.3 is 10.3 Å². The zero-order chi connectivity index (χ0) is 14.7. The molecule has 1 aliphatic rings. The summed E-state index contributed by atoms with van der Waals surface area (Å²) in [5, 5.41) is 3.30. The Bertz CT molecular complexity index is 775. The molecule has 21 heavy (non-hydrogen) atoms. The molecule has 4 rings (SSSR count). The molecule has 0 bridgehead atoms. The normalized spacial score (nSPS) is 15.0. The van der Waals surface area contributed by atoms with Crippen molar-refractivity contribution >= 4 is 29.8 Å². The molecular formula is C15H13N2O2PS. The summed E-state index contributed by atoms with van der Waals surface area (Å²) < 4.78 is 17.2. The van der Waals surface area contributed by atoms with Crippen molar-refractivity contribution in [2.24, 2.45) is 0 Å². The number of thiazole rings is 1. The molecular weight excluding hydrogens is 303 g/mol. The molecule has 0 spiro atoms. The molecule has 4 nitrogen and oxygen atoms in total. The predicted molar refractivity (Wildman–Crippen MR) is 87.7 cm³/mol. The fourth-order valence-electron chi connectivity index (χ4n) is 2.06. The van der Waals surface area contributed by atoms with Gasteiger partial charge in [-0.1, -0.05) is 36.4 Å². The number of nitrogens with zero attached hydrogens (tertiary/aromatic N) is 1. The summed E-state index contributed by atoms with van der Waals surface area (Å²) in [5.41, 5.74) is 7.24. The van der Waals surface area contributed by atoms with Crippen molar-refractivity contribution in [2.45, 2.75) is 0 Å². The number of rotatable bonds is 0. The minimum atomic E-state index is -2.11. The van der Waals surface area contributed by atoms with Crippen LogP contribution in [0.1, 0.15) is 0 Å². The number of para-hydroxylation sites is 1. The van der Waals surface area contributed by atoms with Gasteiger partial charge in [-0.05, 0) is 17.7 Å². The smallest absolute Gasteiger partial charge is 0.266 e. The Morgan fingerprint density at radius 2 is 1.76 bits per heavy atom. The number of anilines is 1. The first kappa shape index (κ1) is 13.9. The number of fused-ring (bicyclic) bond motifs is 3. The van der Waals surface area contributed by atoms with Crippen LogP contribution in [0.2, 0.25) is 0 Å². The number of nitrogen functional groups attached to an aromatic ring is 1. The molecule has 1 aliphatic heterocycles. The van der Waals surface area contributed by atoms with Gasteiger partial charge in [-0.15, -0.1) is 11.3 Å². The van der Waals surface area contributed by atoms with Gasteiger partial charge in [0.05, 0.1) is 5.30 Å². The third-order valence-corrected chi connectivity index (χ3v) is 4.86. The molecule has 0 radical (unpaired) electrons. The molecule has 0 saturated carbocycles. The molecule has 1 unspecified atom stereocenters. The fraction of sp³-hybridized carbons (Fsp3) is 0. The van der Waals surface area contributed by atoms with E-state index in [2.05, 4.69) is 4.98 Å². The van der Waals surface area contributed by atoms with Gasteiger partial charge >= 0.3 is 0 Å². The van der Waals surface area contributed by atoms with Crippen LogP contribution in [-0.4, -0.2) is 4.98 Å². The van der Waals surface area contributed by atoms with Crippen LogP contribution in [0.4, 0.5) is 5.13 Å². The summed E-state index contributed by atoms with van der Waals surface area (Å²) in [6.07, 6.45) is 1.68. The van der Waals surface area contributed by atoms with E-state index in [1.54, 1.807) is 6.20 Å². The fourth-order valence-corrected chi connectivity index (χ4v) is 3.60. The van der Waals surface area contributed by atoms with Gasteiger partial charge in [0.1, 0.15) is 5.75 Å². The monoisotopic (exact) mass is 316 g/mol. The first-order valence-corrected chi connectivity index (χ1v) is 8.51. The molecule has 2 aromatic carbocycles. The largest absolute Gasteiger partial charge is 0.441 e. The Kier molecular flexibility index (Phi) is 4.04.